The Hall–Kier alpha value is -1.14. The van der Waals surface area contributed by atoms with Crippen molar-refractivity contribution in [1.29, 1.82) is 0 Å². The Labute approximate surface area is 197 Å². The molecule has 0 aromatic carbocycles. The van der Waals surface area contributed by atoms with E-state index in [1.807, 2.05) is 0 Å². The minimum absolute atomic E-state index is 0.315. The van der Waals surface area contributed by atoms with Gasteiger partial charge in [-0.05, 0) is 32.2 Å². The van der Waals surface area contributed by atoms with Crippen LogP contribution in [-0.4, -0.2) is 41.3 Å². The normalized spacial score (nSPS) is 12.2. The lowest BCUT2D eigenvalue weighted by atomic mass is 10.0. The maximum atomic E-state index is 10.5. The lowest BCUT2D eigenvalue weighted by molar-refractivity contribution is -0.138. The van der Waals surface area contributed by atoms with Gasteiger partial charge < -0.3 is 21.3 Å². The SMILES string of the molecule is NCC(CCCCCCCCCCCC(=O)O)NCCCCCCCCCCCC(=O)O. The van der Waals surface area contributed by atoms with E-state index < -0.39 is 11.9 Å². The first-order chi connectivity index (χ1) is 15.6. The molecule has 1 unspecified atom stereocenters. The van der Waals surface area contributed by atoms with Gasteiger partial charge in [-0.25, -0.2) is 0 Å². The van der Waals surface area contributed by atoms with Crippen LogP contribution in [0.4, 0.5) is 0 Å². The largest absolute Gasteiger partial charge is 0.481 e. The number of nitrogens with one attached hydrogen (secondary N) is 1. The van der Waals surface area contributed by atoms with E-state index in [1.54, 1.807) is 0 Å². The zero-order valence-corrected chi connectivity index (χ0v) is 20.6. The van der Waals surface area contributed by atoms with Crippen molar-refractivity contribution in [3.05, 3.63) is 0 Å². The molecule has 0 aromatic rings. The van der Waals surface area contributed by atoms with Crippen LogP contribution in [0.3, 0.4) is 0 Å². The molecule has 1 atom stereocenters. The molecule has 0 rings (SSSR count). The van der Waals surface area contributed by atoms with Gasteiger partial charge in [-0.15, -0.1) is 0 Å². The highest BCUT2D eigenvalue weighted by atomic mass is 16.4. The molecule has 0 aliphatic heterocycles. The Bertz CT molecular complexity index is 432. The summed E-state index contributed by atoms with van der Waals surface area (Å²) in [4.78, 5) is 20.9. The highest BCUT2D eigenvalue weighted by Gasteiger charge is 2.05. The number of unbranched alkanes of at least 4 members (excludes halogenated alkanes) is 16. The molecule has 0 radical (unpaired) electrons. The third kappa shape index (κ3) is 25.1. The second-order valence-corrected chi connectivity index (χ2v) is 9.33. The van der Waals surface area contributed by atoms with Crippen LogP contribution in [-0.2, 0) is 9.59 Å². The second kappa shape index (κ2) is 24.5. The van der Waals surface area contributed by atoms with Crippen LogP contribution < -0.4 is 11.1 Å². The fraction of sp³-hybridized carbons (Fsp3) is 0.923. The van der Waals surface area contributed by atoms with E-state index in [0.717, 1.165) is 38.8 Å². The van der Waals surface area contributed by atoms with E-state index >= 15 is 0 Å². The van der Waals surface area contributed by atoms with Gasteiger partial charge in [-0.1, -0.05) is 96.3 Å². The lowest BCUT2D eigenvalue weighted by Crippen LogP contribution is -2.36. The lowest BCUT2D eigenvalue weighted by Gasteiger charge is -2.16. The first kappa shape index (κ1) is 30.9. The molecule has 5 N–H and O–H groups in total. The predicted molar refractivity (Wildman–Crippen MR) is 133 cm³/mol. The summed E-state index contributed by atoms with van der Waals surface area (Å²) in [7, 11) is 0. The summed E-state index contributed by atoms with van der Waals surface area (Å²) in [6, 6.07) is 0.454. The van der Waals surface area contributed by atoms with Crippen molar-refractivity contribution in [2.75, 3.05) is 13.1 Å². The van der Waals surface area contributed by atoms with E-state index in [4.69, 9.17) is 15.9 Å². The Morgan fingerprint density at radius 1 is 0.562 bits per heavy atom. The highest BCUT2D eigenvalue weighted by Crippen LogP contribution is 2.13. The minimum atomic E-state index is -0.676. The molecule has 0 fully saturated rings. The fourth-order valence-electron chi connectivity index (χ4n) is 4.15. The van der Waals surface area contributed by atoms with Crippen molar-refractivity contribution in [1.82, 2.24) is 5.32 Å². The molecule has 0 spiro atoms. The summed E-state index contributed by atoms with van der Waals surface area (Å²) in [5.41, 5.74) is 5.93. The smallest absolute Gasteiger partial charge is 0.303 e. The number of hydrogen-bond donors (Lipinski definition) is 4. The van der Waals surface area contributed by atoms with E-state index in [0.29, 0.717) is 18.9 Å². The summed E-state index contributed by atoms with van der Waals surface area (Å²) < 4.78 is 0. The number of aliphatic carboxylic acids is 2. The third-order valence-electron chi connectivity index (χ3n) is 6.23. The van der Waals surface area contributed by atoms with Crippen molar-refractivity contribution in [2.45, 2.75) is 141 Å². The van der Waals surface area contributed by atoms with Crippen LogP contribution >= 0.6 is 0 Å². The van der Waals surface area contributed by atoms with Crippen LogP contribution in [0.2, 0.25) is 0 Å². The number of carboxylic acids is 2. The highest BCUT2D eigenvalue weighted by molar-refractivity contribution is 5.66. The number of carbonyl (C=O) groups is 2. The molecule has 0 saturated heterocycles. The van der Waals surface area contributed by atoms with Gasteiger partial charge in [0, 0.05) is 25.4 Å². The summed E-state index contributed by atoms with van der Waals surface area (Å²) >= 11 is 0. The van der Waals surface area contributed by atoms with Crippen molar-refractivity contribution in [3.63, 3.8) is 0 Å². The van der Waals surface area contributed by atoms with Crippen molar-refractivity contribution < 1.29 is 19.8 Å². The maximum absolute atomic E-state index is 10.5. The first-order valence-electron chi connectivity index (χ1n) is 13.4. The summed E-state index contributed by atoms with van der Waals surface area (Å²) in [6.07, 6.45) is 23.1. The standard InChI is InChI=1S/C26H52N2O4/c27-23-24(19-15-11-7-3-1-4-8-12-16-20-25(29)30)28-22-18-14-10-6-2-5-9-13-17-21-26(31)32/h24,28H,1-23,27H2,(H,29,30)(H,31,32). The number of nitrogens with two attached hydrogens (primary N) is 1. The van der Waals surface area contributed by atoms with E-state index in [9.17, 15) is 9.59 Å². The van der Waals surface area contributed by atoms with Gasteiger partial charge in [0.05, 0.1) is 0 Å². The monoisotopic (exact) mass is 456 g/mol. The molecular weight excluding hydrogens is 404 g/mol. The van der Waals surface area contributed by atoms with Gasteiger partial charge in [-0.3, -0.25) is 9.59 Å². The van der Waals surface area contributed by atoms with Crippen molar-refractivity contribution >= 4 is 11.9 Å². The fourth-order valence-corrected chi connectivity index (χ4v) is 4.15. The van der Waals surface area contributed by atoms with Crippen LogP contribution in [0.1, 0.15) is 135 Å². The quantitative estimate of drug-likeness (QED) is 0.114. The Morgan fingerprint density at radius 2 is 0.906 bits per heavy atom. The van der Waals surface area contributed by atoms with E-state index in [1.165, 1.54) is 96.3 Å². The van der Waals surface area contributed by atoms with Crippen LogP contribution in [0.15, 0.2) is 0 Å². The van der Waals surface area contributed by atoms with Crippen LogP contribution in [0.25, 0.3) is 0 Å². The number of rotatable bonds is 26. The van der Waals surface area contributed by atoms with Gasteiger partial charge in [-0.2, -0.15) is 0 Å². The predicted octanol–water partition coefficient (Wildman–Crippen LogP) is 6.26. The van der Waals surface area contributed by atoms with Gasteiger partial charge in [0.15, 0.2) is 0 Å². The molecule has 190 valence electrons. The molecule has 0 bridgehead atoms. The van der Waals surface area contributed by atoms with Crippen LogP contribution in [0.5, 0.6) is 0 Å². The average molecular weight is 457 g/mol. The van der Waals surface area contributed by atoms with Gasteiger partial charge in [0.1, 0.15) is 0 Å². The molecule has 0 aliphatic rings. The molecule has 0 amide bonds. The van der Waals surface area contributed by atoms with Crippen molar-refractivity contribution in [3.8, 4) is 0 Å². The zero-order chi connectivity index (χ0) is 23.7. The maximum Gasteiger partial charge on any atom is 0.303 e. The second-order valence-electron chi connectivity index (χ2n) is 9.33. The molecule has 32 heavy (non-hydrogen) atoms. The summed E-state index contributed by atoms with van der Waals surface area (Å²) in [5.74, 6) is -1.35. The summed E-state index contributed by atoms with van der Waals surface area (Å²) in [6.45, 7) is 1.79. The minimum Gasteiger partial charge on any atom is -0.481 e. The molecule has 0 aromatic heterocycles. The molecule has 6 heteroatoms. The van der Waals surface area contributed by atoms with Gasteiger partial charge in [0.25, 0.3) is 0 Å². The first-order valence-corrected chi connectivity index (χ1v) is 13.4. The van der Waals surface area contributed by atoms with Crippen molar-refractivity contribution in [2.24, 2.45) is 5.73 Å². The van der Waals surface area contributed by atoms with Crippen LogP contribution in [0, 0.1) is 0 Å². The zero-order valence-electron chi connectivity index (χ0n) is 20.6. The molecular formula is C26H52N2O4. The Morgan fingerprint density at radius 3 is 1.28 bits per heavy atom. The van der Waals surface area contributed by atoms with Gasteiger partial charge >= 0.3 is 11.9 Å². The Kier molecular flexibility index (Phi) is 23.6. The third-order valence-corrected chi connectivity index (χ3v) is 6.23. The molecule has 6 nitrogen and oxygen atoms in total. The average Bonchev–Trinajstić information content (AvgIpc) is 2.76. The molecule has 0 aliphatic carbocycles. The topological polar surface area (TPSA) is 113 Å². The number of carboxylic acid groups (broad SMARTS) is 2. The molecule has 0 saturated carbocycles. The Balaban J connectivity index is 3.31. The molecule has 0 heterocycles. The van der Waals surface area contributed by atoms with E-state index in [-0.39, 0.29) is 0 Å². The number of hydrogen-bond acceptors (Lipinski definition) is 4. The van der Waals surface area contributed by atoms with Gasteiger partial charge in [0.2, 0.25) is 0 Å². The van der Waals surface area contributed by atoms with E-state index in [2.05, 4.69) is 5.32 Å². The summed E-state index contributed by atoms with van der Waals surface area (Å²) in [5, 5.41) is 20.8.